The summed E-state index contributed by atoms with van der Waals surface area (Å²) in [5.41, 5.74) is 5.41. The van der Waals surface area contributed by atoms with Crippen molar-refractivity contribution >= 4 is 23.5 Å². The highest BCUT2D eigenvalue weighted by atomic mass is 19.1. The average Bonchev–Trinajstić information content (AvgIpc) is 2.43. The van der Waals surface area contributed by atoms with Gasteiger partial charge in [0.1, 0.15) is 5.82 Å². The van der Waals surface area contributed by atoms with Crippen molar-refractivity contribution in [3.05, 3.63) is 29.6 Å². The largest absolute Gasteiger partial charge is 0.481 e. The molecular weight excluding hydrogens is 283 g/mol. The van der Waals surface area contributed by atoms with Crippen LogP contribution in [0.25, 0.3) is 0 Å². The Labute approximate surface area is 119 Å². The van der Waals surface area contributed by atoms with Crippen LogP contribution in [0.5, 0.6) is 0 Å². The molecule has 21 heavy (non-hydrogen) atoms. The highest BCUT2D eigenvalue weighted by molar-refractivity contribution is 6.02. The van der Waals surface area contributed by atoms with Crippen molar-refractivity contribution in [2.45, 2.75) is 18.9 Å². The number of hydrogen-bond donors (Lipinski definition) is 3. The summed E-state index contributed by atoms with van der Waals surface area (Å²) in [4.78, 5) is 33.7. The van der Waals surface area contributed by atoms with Crippen LogP contribution in [0.1, 0.15) is 23.2 Å². The molecule has 0 heterocycles. The number of halogens is 1. The van der Waals surface area contributed by atoms with Crippen LogP contribution in [0.3, 0.4) is 0 Å². The molecule has 7 nitrogen and oxygen atoms in total. The number of carboxylic acids is 1. The van der Waals surface area contributed by atoms with Crippen LogP contribution >= 0.6 is 0 Å². The number of amides is 1. The lowest BCUT2D eigenvalue weighted by Crippen LogP contribution is -2.36. The maximum absolute atomic E-state index is 13.2. The Balaban J connectivity index is 2.86. The molecule has 8 heteroatoms. The van der Waals surface area contributed by atoms with Crippen molar-refractivity contribution < 1.29 is 28.6 Å². The summed E-state index contributed by atoms with van der Waals surface area (Å²) in [5, 5.41) is 10.8. The SMILES string of the molecule is COC(=O)c1ccc(F)cc1NC(=O)C(N)CCC(=O)O. The fourth-order valence-electron chi connectivity index (χ4n) is 1.54. The molecule has 1 rings (SSSR count). The Morgan fingerprint density at radius 2 is 2.10 bits per heavy atom. The summed E-state index contributed by atoms with van der Waals surface area (Å²) in [6, 6.07) is 2.08. The van der Waals surface area contributed by atoms with E-state index in [1.807, 2.05) is 0 Å². The number of carbonyl (C=O) groups is 3. The van der Waals surface area contributed by atoms with Crippen molar-refractivity contribution in [1.82, 2.24) is 0 Å². The van der Waals surface area contributed by atoms with Gasteiger partial charge in [0.25, 0.3) is 0 Å². The highest BCUT2D eigenvalue weighted by Crippen LogP contribution is 2.18. The number of ether oxygens (including phenoxy) is 1. The van der Waals surface area contributed by atoms with E-state index in [1.165, 1.54) is 6.07 Å². The molecule has 0 bridgehead atoms. The first-order valence-corrected chi connectivity index (χ1v) is 6.01. The second-order valence-corrected chi connectivity index (χ2v) is 4.21. The molecule has 0 aliphatic carbocycles. The number of aliphatic carboxylic acids is 1. The molecule has 0 spiro atoms. The molecule has 1 atom stereocenters. The van der Waals surface area contributed by atoms with E-state index >= 15 is 0 Å². The lowest BCUT2D eigenvalue weighted by molar-refractivity contribution is -0.137. The van der Waals surface area contributed by atoms with Crippen LogP contribution in [0.2, 0.25) is 0 Å². The molecule has 1 aromatic carbocycles. The molecule has 0 fully saturated rings. The van der Waals surface area contributed by atoms with Crippen LogP contribution in [-0.4, -0.2) is 36.1 Å². The number of anilines is 1. The predicted molar refractivity (Wildman–Crippen MR) is 71.2 cm³/mol. The Morgan fingerprint density at radius 1 is 1.43 bits per heavy atom. The van der Waals surface area contributed by atoms with Crippen LogP contribution in [-0.2, 0) is 14.3 Å². The summed E-state index contributed by atoms with van der Waals surface area (Å²) in [5.74, 6) is -3.20. The minimum absolute atomic E-state index is 0.0299. The van der Waals surface area contributed by atoms with Crippen LogP contribution in [0.4, 0.5) is 10.1 Å². The second-order valence-electron chi connectivity index (χ2n) is 4.21. The zero-order valence-corrected chi connectivity index (χ0v) is 11.3. The number of esters is 1. The predicted octanol–water partition coefficient (Wildman–Crippen LogP) is 0.743. The first kappa shape index (κ1) is 16.6. The molecule has 4 N–H and O–H groups in total. The van der Waals surface area contributed by atoms with Gasteiger partial charge in [-0.15, -0.1) is 0 Å². The molecule has 1 amide bonds. The van der Waals surface area contributed by atoms with Gasteiger partial charge in [0.05, 0.1) is 24.4 Å². The van der Waals surface area contributed by atoms with Gasteiger partial charge in [-0.25, -0.2) is 9.18 Å². The van der Waals surface area contributed by atoms with Gasteiger partial charge in [0.15, 0.2) is 0 Å². The van der Waals surface area contributed by atoms with Crippen molar-refractivity contribution in [1.29, 1.82) is 0 Å². The molecule has 114 valence electrons. The van der Waals surface area contributed by atoms with E-state index in [9.17, 15) is 18.8 Å². The van der Waals surface area contributed by atoms with E-state index in [0.29, 0.717) is 0 Å². The summed E-state index contributed by atoms with van der Waals surface area (Å²) in [6.45, 7) is 0. The second kappa shape index (κ2) is 7.34. The van der Waals surface area contributed by atoms with Crippen molar-refractivity contribution in [3.63, 3.8) is 0 Å². The first-order chi connectivity index (χ1) is 9.85. The number of carbonyl (C=O) groups excluding carboxylic acids is 2. The van der Waals surface area contributed by atoms with Gasteiger partial charge in [-0.2, -0.15) is 0 Å². The minimum Gasteiger partial charge on any atom is -0.481 e. The van der Waals surface area contributed by atoms with Gasteiger partial charge in [-0.05, 0) is 24.6 Å². The van der Waals surface area contributed by atoms with E-state index in [1.54, 1.807) is 0 Å². The summed E-state index contributed by atoms with van der Waals surface area (Å²) < 4.78 is 17.7. The Bertz CT molecular complexity index is 561. The Morgan fingerprint density at radius 3 is 2.67 bits per heavy atom. The number of benzene rings is 1. The van der Waals surface area contributed by atoms with Crippen molar-refractivity contribution in [3.8, 4) is 0 Å². The number of hydrogen-bond acceptors (Lipinski definition) is 5. The van der Waals surface area contributed by atoms with Crippen molar-refractivity contribution in [2.75, 3.05) is 12.4 Å². The quantitative estimate of drug-likeness (QED) is 0.667. The smallest absolute Gasteiger partial charge is 0.339 e. The van der Waals surface area contributed by atoms with E-state index in [2.05, 4.69) is 10.1 Å². The fraction of sp³-hybridized carbons (Fsp3) is 0.308. The van der Waals surface area contributed by atoms with Gasteiger partial charge >= 0.3 is 11.9 Å². The fourth-order valence-corrected chi connectivity index (χ4v) is 1.54. The average molecular weight is 298 g/mol. The lowest BCUT2D eigenvalue weighted by atomic mass is 10.1. The van der Waals surface area contributed by atoms with Crippen LogP contribution < -0.4 is 11.1 Å². The Kier molecular flexibility index (Phi) is 5.79. The van der Waals surface area contributed by atoms with E-state index < -0.39 is 29.7 Å². The third-order valence-electron chi connectivity index (χ3n) is 2.65. The highest BCUT2D eigenvalue weighted by Gasteiger charge is 2.19. The number of carboxylic acid groups (broad SMARTS) is 1. The molecule has 0 saturated heterocycles. The molecule has 1 unspecified atom stereocenters. The maximum atomic E-state index is 13.2. The molecule has 0 saturated carbocycles. The van der Waals surface area contributed by atoms with Gasteiger partial charge < -0.3 is 20.9 Å². The third kappa shape index (κ3) is 4.84. The van der Waals surface area contributed by atoms with Crippen LogP contribution in [0.15, 0.2) is 18.2 Å². The molecule has 0 aliphatic rings. The van der Waals surface area contributed by atoms with Crippen molar-refractivity contribution in [2.24, 2.45) is 5.73 Å². The monoisotopic (exact) mass is 298 g/mol. The Hall–Kier alpha value is -2.48. The lowest BCUT2D eigenvalue weighted by Gasteiger charge is -2.13. The summed E-state index contributed by atoms with van der Waals surface area (Å²) >= 11 is 0. The van der Waals surface area contributed by atoms with Crippen LogP contribution in [0, 0.1) is 5.82 Å². The normalized spacial score (nSPS) is 11.6. The topological polar surface area (TPSA) is 119 Å². The van der Waals surface area contributed by atoms with E-state index in [4.69, 9.17) is 10.8 Å². The summed E-state index contributed by atoms with van der Waals surface area (Å²) in [7, 11) is 1.15. The molecule has 0 aromatic heterocycles. The van der Waals surface area contributed by atoms with Gasteiger partial charge in [-0.1, -0.05) is 0 Å². The number of nitrogens with one attached hydrogen (secondary N) is 1. The molecule has 1 aromatic rings. The number of methoxy groups -OCH3 is 1. The number of rotatable bonds is 6. The van der Waals surface area contributed by atoms with E-state index in [0.717, 1.165) is 19.2 Å². The molecule has 0 radical (unpaired) electrons. The minimum atomic E-state index is -1.09. The first-order valence-electron chi connectivity index (χ1n) is 6.01. The molecular formula is C13H15FN2O5. The van der Waals surface area contributed by atoms with Gasteiger partial charge in [0.2, 0.25) is 5.91 Å². The standard InChI is InChI=1S/C13H15FN2O5/c1-21-13(20)8-3-2-7(14)6-10(8)16-12(19)9(15)4-5-11(17)18/h2-3,6,9H,4-5,15H2,1H3,(H,16,19)(H,17,18). The number of nitrogens with two attached hydrogens (primary N) is 1. The third-order valence-corrected chi connectivity index (χ3v) is 2.65. The molecule has 0 aliphatic heterocycles. The van der Waals surface area contributed by atoms with E-state index in [-0.39, 0.29) is 24.1 Å². The maximum Gasteiger partial charge on any atom is 0.339 e. The van der Waals surface area contributed by atoms with Gasteiger partial charge in [-0.3, -0.25) is 9.59 Å². The van der Waals surface area contributed by atoms with Gasteiger partial charge in [0, 0.05) is 6.42 Å². The zero-order valence-electron chi connectivity index (χ0n) is 11.3. The zero-order chi connectivity index (χ0) is 16.0. The summed E-state index contributed by atoms with van der Waals surface area (Å²) in [6.07, 6.45) is -0.356.